The molecule has 4 rings (SSSR count). The molecule has 35 heavy (non-hydrogen) atoms. The number of anilines is 4. The second-order valence-electron chi connectivity index (χ2n) is 8.00. The van der Waals surface area contributed by atoms with Gasteiger partial charge in [-0.2, -0.15) is 5.10 Å². The largest absolute Gasteiger partial charge is 0.339 e. The van der Waals surface area contributed by atoms with Gasteiger partial charge in [0.05, 0.1) is 10.6 Å². The lowest BCUT2D eigenvalue weighted by atomic mass is 10.2. The van der Waals surface area contributed by atoms with Crippen LogP contribution in [-0.4, -0.2) is 34.3 Å². The molecule has 10 nitrogen and oxygen atoms in total. The summed E-state index contributed by atoms with van der Waals surface area (Å²) in [6, 6.07) is 16.3. The number of hydrogen-bond acceptors (Lipinski definition) is 7. The van der Waals surface area contributed by atoms with E-state index >= 15 is 0 Å². The normalized spacial score (nSPS) is 11.2. The Morgan fingerprint density at radius 3 is 2.00 bits per heavy atom. The minimum Gasteiger partial charge on any atom is -0.339 e. The zero-order chi connectivity index (χ0) is 25.2. The highest BCUT2D eigenvalue weighted by Crippen LogP contribution is 2.22. The second-order valence-corrected chi connectivity index (χ2v) is 9.68. The Morgan fingerprint density at radius 1 is 0.829 bits per heavy atom. The number of aryl methyl sites for hydroxylation is 1. The first-order chi connectivity index (χ1) is 16.6. The molecule has 180 valence electrons. The summed E-state index contributed by atoms with van der Waals surface area (Å²) < 4.78 is 29.6. The van der Waals surface area contributed by atoms with E-state index < -0.39 is 10.0 Å². The molecule has 0 aliphatic heterocycles. The minimum atomic E-state index is -3.78. The predicted octanol–water partition coefficient (Wildman–Crippen LogP) is 4.09. The van der Waals surface area contributed by atoms with Crippen molar-refractivity contribution in [3.63, 3.8) is 0 Å². The molecule has 2 aromatic carbocycles. The van der Waals surface area contributed by atoms with E-state index in [-0.39, 0.29) is 10.8 Å². The third-order valence-corrected chi connectivity index (χ3v) is 6.81. The summed E-state index contributed by atoms with van der Waals surface area (Å²) in [6.07, 6.45) is 0. The summed E-state index contributed by atoms with van der Waals surface area (Å²) in [6.45, 7) is 7.34. The van der Waals surface area contributed by atoms with Crippen molar-refractivity contribution in [2.24, 2.45) is 0 Å². The monoisotopic (exact) mass is 491 g/mol. The third-order valence-electron chi connectivity index (χ3n) is 5.42. The van der Waals surface area contributed by atoms with Gasteiger partial charge < -0.3 is 10.6 Å². The number of sulfonamides is 1. The molecule has 2 aromatic heterocycles. The van der Waals surface area contributed by atoms with E-state index in [4.69, 9.17) is 0 Å². The molecular weight excluding hydrogens is 466 g/mol. The molecule has 0 radical (unpaired) electrons. The van der Waals surface area contributed by atoms with Crippen molar-refractivity contribution in [1.29, 1.82) is 0 Å². The lowest BCUT2D eigenvalue weighted by Crippen LogP contribution is -2.13. The van der Waals surface area contributed by atoms with Crippen molar-refractivity contribution in [3.8, 4) is 5.82 Å². The number of carbonyl (C=O) groups excluding carboxylic acids is 1. The summed E-state index contributed by atoms with van der Waals surface area (Å²) in [5, 5.41) is 18.7. The first-order valence-electron chi connectivity index (χ1n) is 10.8. The van der Waals surface area contributed by atoms with Gasteiger partial charge in [-0.1, -0.05) is 0 Å². The molecule has 0 aliphatic carbocycles. The molecule has 0 saturated carbocycles. The molecule has 2 heterocycles. The van der Waals surface area contributed by atoms with Crippen LogP contribution in [0.25, 0.3) is 5.82 Å². The topological polar surface area (TPSA) is 131 Å². The molecule has 0 unspecified atom stereocenters. The van der Waals surface area contributed by atoms with Crippen LogP contribution >= 0.6 is 0 Å². The van der Waals surface area contributed by atoms with Crippen molar-refractivity contribution < 1.29 is 13.2 Å². The molecule has 0 atom stereocenters. The number of nitrogens with zero attached hydrogens (tertiary/aromatic N) is 4. The second kappa shape index (κ2) is 9.55. The number of rotatable bonds is 7. The van der Waals surface area contributed by atoms with Gasteiger partial charge in [-0.05, 0) is 87.0 Å². The van der Waals surface area contributed by atoms with Gasteiger partial charge in [0.25, 0.3) is 10.0 Å². The van der Waals surface area contributed by atoms with E-state index in [0.717, 1.165) is 22.6 Å². The Bertz CT molecular complexity index is 1460. The minimum absolute atomic E-state index is 0.0852. The maximum Gasteiger partial charge on any atom is 0.261 e. The van der Waals surface area contributed by atoms with Crippen molar-refractivity contribution in [2.75, 3.05) is 15.4 Å². The van der Waals surface area contributed by atoms with E-state index in [0.29, 0.717) is 23.0 Å². The van der Waals surface area contributed by atoms with Crippen LogP contribution in [0, 0.1) is 20.8 Å². The fourth-order valence-electron chi connectivity index (χ4n) is 3.35. The Morgan fingerprint density at radius 2 is 1.46 bits per heavy atom. The van der Waals surface area contributed by atoms with Gasteiger partial charge in [0.15, 0.2) is 11.6 Å². The van der Waals surface area contributed by atoms with E-state index in [9.17, 15) is 13.2 Å². The van der Waals surface area contributed by atoms with Crippen LogP contribution in [0.1, 0.15) is 23.9 Å². The third kappa shape index (κ3) is 5.46. The van der Waals surface area contributed by atoms with Gasteiger partial charge in [-0.15, -0.1) is 10.2 Å². The summed E-state index contributed by atoms with van der Waals surface area (Å²) in [5.74, 6) is 0.936. The van der Waals surface area contributed by atoms with Gasteiger partial charge in [0.2, 0.25) is 5.91 Å². The molecule has 0 bridgehead atoms. The summed E-state index contributed by atoms with van der Waals surface area (Å²) in [5.41, 5.74) is 4.72. The summed E-state index contributed by atoms with van der Waals surface area (Å²) >= 11 is 0. The van der Waals surface area contributed by atoms with Crippen LogP contribution in [0.4, 0.5) is 22.9 Å². The predicted molar refractivity (Wildman–Crippen MR) is 135 cm³/mol. The number of carbonyl (C=O) groups is 1. The van der Waals surface area contributed by atoms with Crippen LogP contribution in [0.5, 0.6) is 0 Å². The first kappa shape index (κ1) is 23.9. The van der Waals surface area contributed by atoms with Crippen molar-refractivity contribution in [1.82, 2.24) is 20.0 Å². The quantitative estimate of drug-likeness (QED) is 0.355. The molecule has 1 amide bonds. The van der Waals surface area contributed by atoms with E-state index in [1.807, 2.05) is 26.8 Å². The highest BCUT2D eigenvalue weighted by atomic mass is 32.2. The Hall–Kier alpha value is -4.25. The molecule has 4 aromatic rings. The molecule has 0 saturated heterocycles. The number of benzene rings is 2. The van der Waals surface area contributed by atoms with Gasteiger partial charge in [0, 0.05) is 29.7 Å². The van der Waals surface area contributed by atoms with Gasteiger partial charge in [-0.3, -0.25) is 9.52 Å². The van der Waals surface area contributed by atoms with Crippen LogP contribution in [0.3, 0.4) is 0 Å². The number of amides is 1. The molecule has 11 heteroatoms. The fraction of sp³-hybridized carbons (Fsp3) is 0.167. The maximum atomic E-state index is 12.7. The average molecular weight is 492 g/mol. The Balaban J connectivity index is 1.41. The summed E-state index contributed by atoms with van der Waals surface area (Å²) in [4.78, 5) is 11.2. The van der Waals surface area contributed by atoms with Gasteiger partial charge >= 0.3 is 0 Å². The molecule has 0 aliphatic rings. The SMILES string of the molecule is CC(=O)Nc1ccc(S(=O)(=O)Nc2ccc(Nc3ccc(-n4nc(C)c(C)c4C)nn3)cc2)cc1. The van der Waals surface area contributed by atoms with Gasteiger partial charge in [-0.25, -0.2) is 13.1 Å². The zero-order valence-electron chi connectivity index (χ0n) is 19.7. The number of hydrogen-bond donors (Lipinski definition) is 3. The lowest BCUT2D eigenvalue weighted by Gasteiger charge is -2.11. The number of aromatic nitrogens is 4. The van der Waals surface area contributed by atoms with Crippen LogP contribution < -0.4 is 15.4 Å². The van der Waals surface area contributed by atoms with Crippen LogP contribution in [-0.2, 0) is 14.8 Å². The highest BCUT2D eigenvalue weighted by molar-refractivity contribution is 7.92. The van der Waals surface area contributed by atoms with Crippen LogP contribution in [0.15, 0.2) is 65.6 Å². The lowest BCUT2D eigenvalue weighted by molar-refractivity contribution is -0.114. The zero-order valence-corrected chi connectivity index (χ0v) is 20.5. The summed E-state index contributed by atoms with van der Waals surface area (Å²) in [7, 11) is -3.78. The van der Waals surface area contributed by atoms with Crippen LogP contribution in [0.2, 0.25) is 0 Å². The Kier molecular flexibility index (Phi) is 6.52. The smallest absolute Gasteiger partial charge is 0.261 e. The average Bonchev–Trinajstić information content (AvgIpc) is 3.08. The first-order valence-corrected chi connectivity index (χ1v) is 12.3. The fourth-order valence-corrected chi connectivity index (χ4v) is 4.41. The standard InChI is InChI=1S/C24H25N7O3S/c1-15-16(2)29-31(17(15)3)24-14-13-23(27-28-24)26-20-5-7-21(8-6-20)30-35(33,34)22-11-9-19(10-12-22)25-18(4)32/h5-14,30H,1-4H3,(H,25,32)(H,26,27). The van der Waals surface area contributed by atoms with Crippen molar-refractivity contribution in [3.05, 3.63) is 77.6 Å². The van der Waals surface area contributed by atoms with E-state index in [1.54, 1.807) is 35.0 Å². The van der Waals surface area contributed by atoms with E-state index in [1.165, 1.54) is 31.2 Å². The molecule has 3 N–H and O–H groups in total. The highest BCUT2D eigenvalue weighted by Gasteiger charge is 2.14. The van der Waals surface area contributed by atoms with Gasteiger partial charge in [0.1, 0.15) is 0 Å². The van der Waals surface area contributed by atoms with E-state index in [2.05, 4.69) is 30.7 Å². The Labute approximate surface area is 203 Å². The maximum absolute atomic E-state index is 12.7. The van der Waals surface area contributed by atoms with Crippen molar-refractivity contribution in [2.45, 2.75) is 32.6 Å². The number of nitrogens with one attached hydrogen (secondary N) is 3. The molecule has 0 fully saturated rings. The molecule has 0 spiro atoms. The van der Waals surface area contributed by atoms with Crippen molar-refractivity contribution >= 4 is 38.8 Å². The molecular formula is C24H25N7O3S.